The van der Waals surface area contributed by atoms with Crippen LogP contribution in [0.3, 0.4) is 0 Å². The summed E-state index contributed by atoms with van der Waals surface area (Å²) in [5, 5.41) is 0. The molecule has 3 heteroatoms. The van der Waals surface area contributed by atoms with Crippen molar-refractivity contribution in [2.24, 2.45) is 0 Å². The summed E-state index contributed by atoms with van der Waals surface area (Å²) in [6, 6.07) is 4.24. The maximum absolute atomic E-state index is 13.0. The first kappa shape index (κ1) is 11.7. The Hall–Kier alpha value is -1.38. The van der Waals surface area contributed by atoms with E-state index in [4.69, 9.17) is 4.74 Å². The van der Waals surface area contributed by atoms with Crippen LogP contribution in [0.15, 0.2) is 18.2 Å². The molecule has 0 fully saturated rings. The molecule has 0 bridgehead atoms. The number of carbonyl (C=O) groups is 1. The van der Waals surface area contributed by atoms with Crippen molar-refractivity contribution in [3.63, 3.8) is 0 Å². The third-order valence-corrected chi connectivity index (χ3v) is 1.82. The SMILES string of the molecule is CC(=O)Cc1cc(F)ccc1OC(C)C. The van der Waals surface area contributed by atoms with Gasteiger partial charge in [-0.2, -0.15) is 0 Å². The lowest BCUT2D eigenvalue weighted by molar-refractivity contribution is -0.116. The van der Waals surface area contributed by atoms with Crippen LogP contribution in [0.1, 0.15) is 26.3 Å². The second-order valence-corrected chi connectivity index (χ2v) is 3.80. The molecule has 1 aromatic carbocycles. The Morgan fingerprint density at radius 1 is 1.47 bits per heavy atom. The average Bonchev–Trinajstić information content (AvgIpc) is 2.08. The van der Waals surface area contributed by atoms with E-state index in [1.807, 2.05) is 13.8 Å². The smallest absolute Gasteiger partial charge is 0.134 e. The minimum Gasteiger partial charge on any atom is -0.491 e. The van der Waals surface area contributed by atoms with Crippen LogP contribution in [0.5, 0.6) is 5.75 Å². The zero-order chi connectivity index (χ0) is 11.4. The first-order valence-corrected chi connectivity index (χ1v) is 4.93. The number of benzene rings is 1. The van der Waals surface area contributed by atoms with Crippen molar-refractivity contribution in [1.29, 1.82) is 0 Å². The van der Waals surface area contributed by atoms with Crippen LogP contribution in [-0.2, 0) is 11.2 Å². The molecule has 0 saturated carbocycles. The zero-order valence-corrected chi connectivity index (χ0v) is 9.21. The van der Waals surface area contributed by atoms with Crippen molar-refractivity contribution in [2.45, 2.75) is 33.3 Å². The van der Waals surface area contributed by atoms with E-state index in [1.165, 1.54) is 19.1 Å². The highest BCUT2D eigenvalue weighted by Gasteiger charge is 2.08. The van der Waals surface area contributed by atoms with E-state index in [-0.39, 0.29) is 24.1 Å². The lowest BCUT2D eigenvalue weighted by Gasteiger charge is -2.13. The number of ketones is 1. The van der Waals surface area contributed by atoms with Crippen LogP contribution < -0.4 is 4.74 Å². The molecular weight excluding hydrogens is 195 g/mol. The average molecular weight is 210 g/mol. The van der Waals surface area contributed by atoms with Crippen molar-refractivity contribution in [3.8, 4) is 5.75 Å². The van der Waals surface area contributed by atoms with Gasteiger partial charge in [0, 0.05) is 12.0 Å². The van der Waals surface area contributed by atoms with Crippen LogP contribution in [-0.4, -0.2) is 11.9 Å². The van der Waals surface area contributed by atoms with E-state index in [0.717, 1.165) is 0 Å². The first-order chi connectivity index (χ1) is 6.99. The van der Waals surface area contributed by atoms with E-state index in [9.17, 15) is 9.18 Å². The number of carbonyl (C=O) groups excluding carboxylic acids is 1. The van der Waals surface area contributed by atoms with Crippen molar-refractivity contribution in [2.75, 3.05) is 0 Å². The summed E-state index contributed by atoms with van der Waals surface area (Å²) in [4.78, 5) is 11.0. The second kappa shape index (κ2) is 4.91. The molecule has 0 N–H and O–H groups in total. The summed E-state index contributed by atoms with van der Waals surface area (Å²) >= 11 is 0. The first-order valence-electron chi connectivity index (χ1n) is 4.93. The number of rotatable bonds is 4. The fraction of sp³-hybridized carbons (Fsp3) is 0.417. The molecule has 0 radical (unpaired) electrons. The van der Waals surface area contributed by atoms with E-state index in [2.05, 4.69) is 0 Å². The van der Waals surface area contributed by atoms with Gasteiger partial charge in [-0.3, -0.25) is 4.79 Å². The standard InChI is InChI=1S/C12H15FO2/c1-8(2)15-12-5-4-11(13)7-10(12)6-9(3)14/h4-5,7-8H,6H2,1-3H3. The Morgan fingerprint density at radius 2 is 2.13 bits per heavy atom. The molecule has 0 heterocycles. The lowest BCUT2D eigenvalue weighted by Crippen LogP contribution is -2.09. The number of hydrogen-bond donors (Lipinski definition) is 0. The Bertz CT molecular complexity index is 359. The minimum atomic E-state index is -0.345. The topological polar surface area (TPSA) is 26.3 Å². The van der Waals surface area contributed by atoms with Crippen LogP contribution in [0.25, 0.3) is 0 Å². The molecule has 0 aliphatic carbocycles. The maximum Gasteiger partial charge on any atom is 0.134 e. The van der Waals surface area contributed by atoms with Gasteiger partial charge in [-0.05, 0) is 39.0 Å². The van der Waals surface area contributed by atoms with Gasteiger partial charge in [0.15, 0.2) is 0 Å². The molecule has 0 saturated heterocycles. The second-order valence-electron chi connectivity index (χ2n) is 3.80. The highest BCUT2D eigenvalue weighted by atomic mass is 19.1. The summed E-state index contributed by atoms with van der Waals surface area (Å²) in [5.41, 5.74) is 0.608. The molecule has 0 aliphatic rings. The van der Waals surface area contributed by atoms with Gasteiger partial charge in [-0.1, -0.05) is 0 Å². The van der Waals surface area contributed by atoms with Gasteiger partial charge in [0.2, 0.25) is 0 Å². The quantitative estimate of drug-likeness (QED) is 0.763. The molecule has 0 amide bonds. The highest BCUT2D eigenvalue weighted by Crippen LogP contribution is 2.21. The maximum atomic E-state index is 13.0. The van der Waals surface area contributed by atoms with E-state index >= 15 is 0 Å². The molecule has 1 rings (SSSR count). The van der Waals surface area contributed by atoms with E-state index in [1.54, 1.807) is 6.07 Å². The molecule has 15 heavy (non-hydrogen) atoms. The lowest BCUT2D eigenvalue weighted by atomic mass is 10.1. The third kappa shape index (κ3) is 3.70. The molecule has 0 spiro atoms. The summed E-state index contributed by atoms with van der Waals surface area (Å²) in [6.07, 6.45) is 0.223. The highest BCUT2D eigenvalue weighted by molar-refractivity contribution is 5.78. The number of ether oxygens (including phenoxy) is 1. The summed E-state index contributed by atoms with van der Waals surface area (Å²) in [7, 11) is 0. The van der Waals surface area contributed by atoms with Gasteiger partial charge >= 0.3 is 0 Å². The largest absolute Gasteiger partial charge is 0.491 e. The predicted molar refractivity (Wildman–Crippen MR) is 56.5 cm³/mol. The summed E-state index contributed by atoms with van der Waals surface area (Å²) in [5.74, 6) is 0.234. The molecular formula is C12H15FO2. The van der Waals surface area contributed by atoms with Crippen molar-refractivity contribution < 1.29 is 13.9 Å². The van der Waals surface area contributed by atoms with Crippen LogP contribution in [0, 0.1) is 5.82 Å². The van der Waals surface area contributed by atoms with Crippen molar-refractivity contribution in [3.05, 3.63) is 29.6 Å². The fourth-order valence-corrected chi connectivity index (χ4v) is 1.32. The van der Waals surface area contributed by atoms with Gasteiger partial charge in [0.1, 0.15) is 17.3 Å². The monoisotopic (exact) mass is 210 g/mol. The number of Topliss-reactive ketones (excluding diaryl/α,β-unsaturated/α-hetero) is 1. The van der Waals surface area contributed by atoms with Crippen LogP contribution in [0.4, 0.5) is 4.39 Å². The Kier molecular flexibility index (Phi) is 3.83. The van der Waals surface area contributed by atoms with Crippen molar-refractivity contribution >= 4 is 5.78 Å². The van der Waals surface area contributed by atoms with Gasteiger partial charge in [-0.25, -0.2) is 4.39 Å². The van der Waals surface area contributed by atoms with E-state index in [0.29, 0.717) is 11.3 Å². The molecule has 82 valence electrons. The van der Waals surface area contributed by atoms with Crippen molar-refractivity contribution in [1.82, 2.24) is 0 Å². The zero-order valence-electron chi connectivity index (χ0n) is 9.21. The molecule has 0 aliphatic heterocycles. The Balaban J connectivity index is 2.97. The molecule has 0 unspecified atom stereocenters. The van der Waals surface area contributed by atoms with Gasteiger partial charge in [0.25, 0.3) is 0 Å². The summed E-state index contributed by atoms with van der Waals surface area (Å²) in [6.45, 7) is 5.26. The van der Waals surface area contributed by atoms with Crippen LogP contribution >= 0.6 is 0 Å². The number of hydrogen-bond acceptors (Lipinski definition) is 2. The minimum absolute atomic E-state index is 0.00536. The molecule has 0 aromatic heterocycles. The normalized spacial score (nSPS) is 10.5. The predicted octanol–water partition coefficient (Wildman–Crippen LogP) is 2.74. The Morgan fingerprint density at radius 3 is 2.67 bits per heavy atom. The fourth-order valence-electron chi connectivity index (χ4n) is 1.32. The van der Waals surface area contributed by atoms with Gasteiger partial charge < -0.3 is 4.74 Å². The van der Waals surface area contributed by atoms with E-state index < -0.39 is 0 Å². The Labute approximate surface area is 89.1 Å². The van der Waals surface area contributed by atoms with Gasteiger partial charge in [-0.15, -0.1) is 0 Å². The molecule has 1 aromatic rings. The van der Waals surface area contributed by atoms with Crippen LogP contribution in [0.2, 0.25) is 0 Å². The third-order valence-electron chi connectivity index (χ3n) is 1.82. The molecule has 0 atom stereocenters. The summed E-state index contributed by atoms with van der Waals surface area (Å²) < 4.78 is 18.5. The van der Waals surface area contributed by atoms with Gasteiger partial charge in [0.05, 0.1) is 6.10 Å². The number of halogens is 1. The molecule has 2 nitrogen and oxygen atoms in total.